The number of rotatable bonds is 5. The SMILES string of the molecule is Cc1ccc(C(=O)NC2CN(c3nc4c(cc3F)c(=O)c(C(=O)O)cn4-c3nccs3)C2)nc1. The number of carboxylic acids is 1. The van der Waals surface area contributed by atoms with Crippen LogP contribution in [0, 0.1) is 12.7 Å². The van der Waals surface area contributed by atoms with Crippen molar-refractivity contribution in [3.05, 3.63) is 75.0 Å². The minimum Gasteiger partial charge on any atom is -0.477 e. The van der Waals surface area contributed by atoms with E-state index >= 15 is 0 Å². The van der Waals surface area contributed by atoms with Gasteiger partial charge in [-0.1, -0.05) is 6.07 Å². The molecule has 0 unspecified atom stereocenters. The first-order valence-electron chi connectivity index (χ1n) is 10.2. The average molecular weight is 480 g/mol. The van der Waals surface area contributed by atoms with Gasteiger partial charge in [0.2, 0.25) is 5.43 Å². The van der Waals surface area contributed by atoms with Crippen LogP contribution in [0.1, 0.15) is 26.4 Å². The lowest BCUT2D eigenvalue weighted by Gasteiger charge is -2.40. The Bertz CT molecular complexity index is 1480. The van der Waals surface area contributed by atoms with Crippen LogP contribution in [-0.2, 0) is 0 Å². The van der Waals surface area contributed by atoms with Gasteiger partial charge >= 0.3 is 5.97 Å². The van der Waals surface area contributed by atoms with E-state index in [2.05, 4.69) is 20.3 Å². The number of fused-ring (bicyclic) bond motifs is 1. The second-order valence-electron chi connectivity index (χ2n) is 7.82. The van der Waals surface area contributed by atoms with Crippen LogP contribution in [0.3, 0.4) is 0 Å². The van der Waals surface area contributed by atoms with Gasteiger partial charge in [0.05, 0.1) is 11.4 Å². The lowest BCUT2D eigenvalue weighted by molar-refractivity contribution is 0.0694. The number of anilines is 1. The number of nitrogens with zero attached hydrogens (tertiary/aromatic N) is 5. The van der Waals surface area contributed by atoms with Gasteiger partial charge in [0.15, 0.2) is 22.4 Å². The van der Waals surface area contributed by atoms with Crippen LogP contribution in [0.2, 0.25) is 0 Å². The Morgan fingerprint density at radius 3 is 2.71 bits per heavy atom. The van der Waals surface area contributed by atoms with Crippen LogP contribution in [-0.4, -0.2) is 55.6 Å². The minimum absolute atomic E-state index is 0.000703. The maximum Gasteiger partial charge on any atom is 0.341 e. The summed E-state index contributed by atoms with van der Waals surface area (Å²) in [6.07, 6.45) is 4.28. The second-order valence-corrected chi connectivity index (χ2v) is 8.70. The van der Waals surface area contributed by atoms with Crippen molar-refractivity contribution in [2.75, 3.05) is 18.0 Å². The van der Waals surface area contributed by atoms with E-state index in [1.807, 2.05) is 6.92 Å². The quantitative estimate of drug-likeness (QED) is 0.444. The number of hydrogen-bond donors (Lipinski definition) is 2. The Labute approximate surface area is 195 Å². The predicted octanol–water partition coefficient (Wildman–Crippen LogP) is 2.00. The number of thiazole rings is 1. The Kier molecular flexibility index (Phi) is 5.28. The summed E-state index contributed by atoms with van der Waals surface area (Å²) < 4.78 is 16.3. The third-order valence-corrected chi connectivity index (χ3v) is 6.20. The molecule has 1 fully saturated rings. The van der Waals surface area contributed by atoms with E-state index in [1.54, 1.807) is 28.6 Å². The van der Waals surface area contributed by atoms with E-state index in [9.17, 15) is 23.9 Å². The molecule has 0 atom stereocenters. The number of carboxylic acid groups (broad SMARTS) is 1. The molecule has 34 heavy (non-hydrogen) atoms. The van der Waals surface area contributed by atoms with Crippen LogP contribution in [0.15, 0.2) is 47.0 Å². The van der Waals surface area contributed by atoms with E-state index in [-0.39, 0.29) is 28.8 Å². The summed E-state index contributed by atoms with van der Waals surface area (Å²) in [5, 5.41) is 14.2. The number of pyridine rings is 3. The first kappa shape index (κ1) is 21.6. The number of amides is 1. The second kappa shape index (κ2) is 8.30. The molecule has 5 heterocycles. The molecule has 1 aliphatic rings. The molecule has 2 N–H and O–H groups in total. The number of aromatic nitrogens is 4. The number of aryl methyl sites for hydroxylation is 1. The van der Waals surface area contributed by atoms with Gasteiger partial charge in [-0.2, -0.15) is 0 Å². The first-order valence-corrected chi connectivity index (χ1v) is 11.1. The van der Waals surface area contributed by atoms with Gasteiger partial charge in [0.1, 0.15) is 11.3 Å². The monoisotopic (exact) mass is 480 g/mol. The van der Waals surface area contributed by atoms with E-state index in [1.165, 1.54) is 22.1 Å². The van der Waals surface area contributed by atoms with Crippen LogP contribution in [0.25, 0.3) is 16.2 Å². The van der Waals surface area contributed by atoms with E-state index in [0.717, 1.165) is 17.8 Å². The van der Waals surface area contributed by atoms with Crippen molar-refractivity contribution in [2.45, 2.75) is 13.0 Å². The molecule has 1 aliphatic heterocycles. The Hall–Kier alpha value is -4.19. The number of hydrogen-bond acceptors (Lipinski definition) is 8. The van der Waals surface area contributed by atoms with Crippen molar-refractivity contribution >= 4 is 40.1 Å². The minimum atomic E-state index is -1.42. The van der Waals surface area contributed by atoms with Gasteiger partial charge in [-0.3, -0.25) is 19.1 Å². The largest absolute Gasteiger partial charge is 0.477 e. The van der Waals surface area contributed by atoms with Crippen LogP contribution in [0.4, 0.5) is 10.2 Å². The van der Waals surface area contributed by atoms with E-state index in [4.69, 9.17) is 0 Å². The third kappa shape index (κ3) is 3.77. The predicted molar refractivity (Wildman–Crippen MR) is 122 cm³/mol. The molecule has 5 rings (SSSR count). The Morgan fingerprint density at radius 1 is 1.26 bits per heavy atom. The van der Waals surface area contributed by atoms with Gasteiger partial charge in [0, 0.05) is 37.1 Å². The highest BCUT2D eigenvalue weighted by molar-refractivity contribution is 7.12. The number of carbonyl (C=O) groups is 2. The molecule has 4 aromatic heterocycles. The van der Waals surface area contributed by atoms with Crippen LogP contribution in [0.5, 0.6) is 0 Å². The molecule has 10 nitrogen and oxygen atoms in total. The summed E-state index contributed by atoms with van der Waals surface area (Å²) in [5.74, 6) is -2.51. The number of carbonyl (C=O) groups excluding carboxylic acids is 1. The molecule has 0 spiro atoms. The van der Waals surface area contributed by atoms with Gasteiger partial charge < -0.3 is 15.3 Å². The zero-order valence-corrected chi connectivity index (χ0v) is 18.5. The summed E-state index contributed by atoms with van der Waals surface area (Å²) >= 11 is 1.22. The van der Waals surface area contributed by atoms with E-state index < -0.39 is 22.8 Å². The lowest BCUT2D eigenvalue weighted by atomic mass is 10.1. The maximum absolute atomic E-state index is 15.0. The van der Waals surface area contributed by atoms with Crippen molar-refractivity contribution in [1.82, 2.24) is 24.8 Å². The Balaban J connectivity index is 1.44. The number of aromatic carboxylic acids is 1. The fourth-order valence-corrected chi connectivity index (χ4v) is 4.29. The fourth-order valence-electron chi connectivity index (χ4n) is 3.67. The smallest absolute Gasteiger partial charge is 0.341 e. The van der Waals surface area contributed by atoms with Gasteiger partial charge in [-0.15, -0.1) is 11.3 Å². The molecular weight excluding hydrogens is 463 g/mol. The highest BCUT2D eigenvalue weighted by Crippen LogP contribution is 2.27. The summed E-state index contributed by atoms with van der Waals surface area (Å²) in [7, 11) is 0. The van der Waals surface area contributed by atoms with Crippen molar-refractivity contribution in [2.24, 2.45) is 0 Å². The molecule has 12 heteroatoms. The highest BCUT2D eigenvalue weighted by atomic mass is 32.1. The van der Waals surface area contributed by atoms with E-state index in [0.29, 0.717) is 23.9 Å². The summed E-state index contributed by atoms with van der Waals surface area (Å²) in [6.45, 7) is 2.49. The first-order chi connectivity index (χ1) is 16.3. The standard InChI is InChI=1S/C22H17FN6O4S/c1-11-2-3-16(25-7-11)20(31)26-12-8-28(9-12)19-15(23)6-13-17(30)14(21(32)33)10-29(18(13)27-19)22-24-4-5-34-22/h2-7,10,12H,8-9H2,1H3,(H,26,31)(H,32,33). The zero-order chi connectivity index (χ0) is 24.0. The van der Waals surface area contributed by atoms with Crippen molar-refractivity contribution < 1.29 is 19.1 Å². The molecular formula is C22H17FN6O4S. The average Bonchev–Trinajstić information content (AvgIpc) is 3.31. The molecule has 0 aromatic carbocycles. The molecule has 0 bridgehead atoms. The van der Waals surface area contributed by atoms with Crippen LogP contribution >= 0.6 is 11.3 Å². The molecule has 0 aliphatic carbocycles. The molecule has 1 amide bonds. The molecule has 172 valence electrons. The number of nitrogens with one attached hydrogen (secondary N) is 1. The van der Waals surface area contributed by atoms with Crippen LogP contribution < -0.4 is 15.6 Å². The summed E-state index contributed by atoms with van der Waals surface area (Å²) in [4.78, 5) is 50.8. The maximum atomic E-state index is 15.0. The fraction of sp³-hybridized carbons (Fsp3) is 0.182. The van der Waals surface area contributed by atoms with Crippen molar-refractivity contribution in [3.8, 4) is 5.13 Å². The van der Waals surface area contributed by atoms with Crippen molar-refractivity contribution in [3.63, 3.8) is 0 Å². The van der Waals surface area contributed by atoms with Crippen molar-refractivity contribution in [1.29, 1.82) is 0 Å². The Morgan fingerprint density at radius 2 is 2.06 bits per heavy atom. The molecule has 1 saturated heterocycles. The van der Waals surface area contributed by atoms with Gasteiger partial charge in [-0.05, 0) is 24.6 Å². The summed E-state index contributed by atoms with van der Waals surface area (Å²) in [6, 6.07) is 4.19. The molecule has 0 saturated carbocycles. The van der Waals surface area contributed by atoms with Gasteiger partial charge in [0.25, 0.3) is 5.91 Å². The number of halogens is 1. The lowest BCUT2D eigenvalue weighted by Crippen LogP contribution is -2.60. The zero-order valence-electron chi connectivity index (χ0n) is 17.7. The molecule has 4 aromatic rings. The highest BCUT2D eigenvalue weighted by Gasteiger charge is 2.32. The molecule has 0 radical (unpaired) electrons. The normalized spacial score (nSPS) is 13.6. The topological polar surface area (TPSA) is 130 Å². The third-order valence-electron chi connectivity index (χ3n) is 5.43. The van der Waals surface area contributed by atoms with Gasteiger partial charge in [-0.25, -0.2) is 19.2 Å². The summed E-state index contributed by atoms with van der Waals surface area (Å²) in [5.41, 5.74) is -0.00457.